The Bertz CT molecular complexity index is 1420. The molecule has 0 aliphatic heterocycles. The molecule has 0 bridgehead atoms. The molecule has 8 heteroatoms. The number of benzene rings is 2. The summed E-state index contributed by atoms with van der Waals surface area (Å²) in [5, 5.41) is 2.67. The second-order valence-corrected chi connectivity index (χ2v) is 7.20. The molecule has 0 fully saturated rings. The Labute approximate surface area is 181 Å². The van der Waals surface area contributed by atoms with Gasteiger partial charge in [0.05, 0.1) is 10.9 Å². The van der Waals surface area contributed by atoms with E-state index in [2.05, 4.69) is 10.3 Å². The summed E-state index contributed by atoms with van der Waals surface area (Å²) < 4.78 is 28.0. The van der Waals surface area contributed by atoms with Crippen LogP contribution in [0.3, 0.4) is 0 Å². The van der Waals surface area contributed by atoms with Gasteiger partial charge in [0.15, 0.2) is 17.4 Å². The van der Waals surface area contributed by atoms with Gasteiger partial charge in [-0.1, -0.05) is 30.3 Å². The highest BCUT2D eigenvalue weighted by molar-refractivity contribution is 6.10. The molecule has 0 saturated heterocycles. The van der Waals surface area contributed by atoms with E-state index in [9.17, 15) is 23.2 Å². The quantitative estimate of drug-likeness (QED) is 0.485. The van der Waals surface area contributed by atoms with Crippen molar-refractivity contribution in [2.45, 2.75) is 13.5 Å². The minimum atomic E-state index is -1.09. The number of hydrogen-bond acceptors (Lipinski definition) is 4. The van der Waals surface area contributed by atoms with Gasteiger partial charge in [0.25, 0.3) is 0 Å². The average molecular weight is 433 g/mol. The zero-order valence-corrected chi connectivity index (χ0v) is 16.9. The summed E-state index contributed by atoms with van der Waals surface area (Å²) in [4.78, 5) is 42.9. The lowest BCUT2D eigenvalue weighted by molar-refractivity contribution is -0.116. The van der Waals surface area contributed by atoms with E-state index in [0.29, 0.717) is 11.3 Å². The first kappa shape index (κ1) is 21.0. The number of nitrogens with one attached hydrogen (secondary N) is 1. The van der Waals surface area contributed by atoms with Gasteiger partial charge in [0.2, 0.25) is 11.3 Å². The number of anilines is 1. The summed E-state index contributed by atoms with van der Waals surface area (Å²) in [6, 6.07) is 14.5. The standard InChI is InChI=1S/C24H17F2N3O3/c1-14-7-9-17-23(32)18(22(31)15-5-3-2-4-6-15)12-29(24(17)27-14)13-21(30)28-16-8-10-19(25)20(26)11-16/h2-12H,13H2,1H3,(H,28,30). The summed E-state index contributed by atoms with van der Waals surface area (Å²) in [5.41, 5.74) is 0.674. The molecular formula is C24H17F2N3O3. The Morgan fingerprint density at radius 3 is 2.47 bits per heavy atom. The van der Waals surface area contributed by atoms with Crippen LogP contribution in [0.1, 0.15) is 21.6 Å². The molecule has 2 aromatic heterocycles. The summed E-state index contributed by atoms with van der Waals surface area (Å²) in [6.07, 6.45) is 1.30. The van der Waals surface area contributed by atoms with Crippen molar-refractivity contribution in [1.82, 2.24) is 9.55 Å². The molecule has 1 N–H and O–H groups in total. The van der Waals surface area contributed by atoms with Crippen molar-refractivity contribution in [3.63, 3.8) is 0 Å². The van der Waals surface area contributed by atoms with Crippen molar-refractivity contribution in [1.29, 1.82) is 0 Å². The fourth-order valence-electron chi connectivity index (χ4n) is 3.32. The topological polar surface area (TPSA) is 81.1 Å². The van der Waals surface area contributed by atoms with E-state index >= 15 is 0 Å². The van der Waals surface area contributed by atoms with Crippen molar-refractivity contribution in [2.75, 3.05) is 5.32 Å². The Morgan fingerprint density at radius 2 is 1.75 bits per heavy atom. The van der Waals surface area contributed by atoms with E-state index in [-0.39, 0.29) is 28.8 Å². The first-order valence-corrected chi connectivity index (χ1v) is 9.69. The third-order valence-electron chi connectivity index (χ3n) is 4.86. The zero-order chi connectivity index (χ0) is 22.8. The highest BCUT2D eigenvalue weighted by Crippen LogP contribution is 2.16. The smallest absolute Gasteiger partial charge is 0.244 e. The van der Waals surface area contributed by atoms with Crippen molar-refractivity contribution in [3.8, 4) is 0 Å². The van der Waals surface area contributed by atoms with Crippen LogP contribution in [-0.4, -0.2) is 21.2 Å². The number of ketones is 1. The van der Waals surface area contributed by atoms with Crippen LogP contribution in [-0.2, 0) is 11.3 Å². The summed E-state index contributed by atoms with van der Waals surface area (Å²) in [7, 11) is 0. The number of pyridine rings is 2. The molecule has 0 atom stereocenters. The maximum absolute atomic E-state index is 13.4. The number of fused-ring (bicyclic) bond motifs is 1. The van der Waals surface area contributed by atoms with E-state index in [4.69, 9.17) is 0 Å². The minimum absolute atomic E-state index is 0.0731. The molecule has 0 aliphatic carbocycles. The van der Waals surface area contributed by atoms with Crippen molar-refractivity contribution in [3.05, 3.63) is 106 Å². The Balaban J connectivity index is 1.75. The second-order valence-electron chi connectivity index (χ2n) is 7.20. The maximum Gasteiger partial charge on any atom is 0.244 e. The predicted octanol–water partition coefficient (Wildman–Crippen LogP) is 3.85. The van der Waals surface area contributed by atoms with Crippen LogP contribution >= 0.6 is 0 Å². The normalized spacial score (nSPS) is 10.8. The highest BCUT2D eigenvalue weighted by atomic mass is 19.2. The molecule has 1 amide bonds. The fourth-order valence-corrected chi connectivity index (χ4v) is 3.32. The first-order chi connectivity index (χ1) is 15.3. The highest BCUT2D eigenvalue weighted by Gasteiger charge is 2.19. The van der Waals surface area contributed by atoms with Gasteiger partial charge in [-0.3, -0.25) is 14.4 Å². The number of rotatable bonds is 5. The molecule has 0 unspecified atom stereocenters. The van der Waals surface area contributed by atoms with E-state index in [1.807, 2.05) is 0 Å². The maximum atomic E-state index is 13.4. The van der Waals surface area contributed by atoms with Crippen LogP contribution in [0.25, 0.3) is 11.0 Å². The third kappa shape index (κ3) is 4.15. The number of hydrogen-bond donors (Lipinski definition) is 1. The monoisotopic (exact) mass is 433 g/mol. The molecule has 32 heavy (non-hydrogen) atoms. The number of carbonyl (C=O) groups is 2. The van der Waals surface area contributed by atoms with E-state index in [0.717, 1.165) is 12.1 Å². The molecule has 2 aromatic carbocycles. The van der Waals surface area contributed by atoms with E-state index in [1.165, 1.54) is 16.8 Å². The molecule has 160 valence electrons. The molecule has 0 saturated carbocycles. The van der Waals surface area contributed by atoms with Crippen LogP contribution in [0.15, 0.2) is 71.7 Å². The van der Waals surface area contributed by atoms with Gasteiger partial charge in [0, 0.05) is 29.2 Å². The zero-order valence-electron chi connectivity index (χ0n) is 16.9. The van der Waals surface area contributed by atoms with Gasteiger partial charge in [-0.15, -0.1) is 0 Å². The number of aromatic nitrogens is 2. The fraction of sp³-hybridized carbons (Fsp3) is 0.0833. The lowest BCUT2D eigenvalue weighted by Crippen LogP contribution is -2.25. The van der Waals surface area contributed by atoms with Gasteiger partial charge < -0.3 is 9.88 Å². The van der Waals surface area contributed by atoms with Gasteiger partial charge in [-0.2, -0.15) is 0 Å². The van der Waals surface area contributed by atoms with Crippen molar-refractivity contribution in [2.24, 2.45) is 0 Å². The molecule has 4 rings (SSSR count). The second kappa shape index (κ2) is 8.50. The van der Waals surface area contributed by atoms with Gasteiger partial charge in [-0.25, -0.2) is 13.8 Å². The number of amides is 1. The first-order valence-electron chi connectivity index (χ1n) is 9.69. The molecule has 0 radical (unpaired) electrons. The Morgan fingerprint density at radius 1 is 1.00 bits per heavy atom. The third-order valence-corrected chi connectivity index (χ3v) is 4.86. The van der Waals surface area contributed by atoms with Crippen LogP contribution in [0.5, 0.6) is 0 Å². The van der Waals surface area contributed by atoms with Crippen LogP contribution in [0, 0.1) is 18.6 Å². The van der Waals surface area contributed by atoms with Crippen LogP contribution < -0.4 is 10.7 Å². The van der Waals surface area contributed by atoms with Crippen molar-refractivity contribution < 1.29 is 18.4 Å². The largest absolute Gasteiger partial charge is 0.324 e. The van der Waals surface area contributed by atoms with Crippen LogP contribution in [0.2, 0.25) is 0 Å². The molecule has 6 nitrogen and oxygen atoms in total. The summed E-state index contributed by atoms with van der Waals surface area (Å²) in [6.45, 7) is 1.43. The van der Waals surface area contributed by atoms with Crippen molar-refractivity contribution >= 4 is 28.4 Å². The number of carbonyl (C=O) groups excluding carboxylic acids is 2. The average Bonchev–Trinajstić information content (AvgIpc) is 2.78. The predicted molar refractivity (Wildman–Crippen MR) is 116 cm³/mol. The van der Waals surface area contributed by atoms with Gasteiger partial charge in [-0.05, 0) is 31.2 Å². The summed E-state index contributed by atoms with van der Waals surface area (Å²) >= 11 is 0. The molecule has 0 spiro atoms. The van der Waals surface area contributed by atoms with Crippen LogP contribution in [0.4, 0.5) is 14.5 Å². The van der Waals surface area contributed by atoms with E-state index in [1.54, 1.807) is 49.4 Å². The van der Waals surface area contributed by atoms with Gasteiger partial charge in [0.1, 0.15) is 12.2 Å². The van der Waals surface area contributed by atoms with E-state index < -0.39 is 28.8 Å². The number of halogens is 2. The lowest BCUT2D eigenvalue weighted by atomic mass is 10.0. The number of aryl methyl sites for hydroxylation is 1. The number of nitrogens with zero attached hydrogens (tertiary/aromatic N) is 2. The summed E-state index contributed by atoms with van der Waals surface area (Å²) in [5.74, 6) is -3.17. The lowest BCUT2D eigenvalue weighted by Gasteiger charge is -2.13. The SMILES string of the molecule is Cc1ccc2c(=O)c(C(=O)c3ccccc3)cn(CC(=O)Nc3ccc(F)c(F)c3)c2n1. The molecular weight excluding hydrogens is 416 g/mol. The minimum Gasteiger partial charge on any atom is -0.324 e. The molecule has 0 aliphatic rings. The Hall–Kier alpha value is -4.20. The molecule has 4 aromatic rings. The Kier molecular flexibility index (Phi) is 5.59. The van der Waals surface area contributed by atoms with Gasteiger partial charge >= 0.3 is 0 Å². The molecule has 2 heterocycles.